The fraction of sp³-hybridized carbons (Fsp3) is 0.450. The Morgan fingerprint density at radius 1 is 1.36 bits per heavy atom. The molecule has 3 rings (SSSR count). The molecule has 1 aromatic heterocycles. The number of carbonyl (C=O) groups is 2. The van der Waals surface area contributed by atoms with E-state index in [9.17, 15) is 9.59 Å². The van der Waals surface area contributed by atoms with Crippen molar-refractivity contribution in [2.24, 2.45) is 0 Å². The second kappa shape index (κ2) is 9.16. The number of hydrogen-bond acceptors (Lipinski definition) is 6. The molecule has 0 saturated carbocycles. The predicted octanol–water partition coefficient (Wildman–Crippen LogP) is 3.03. The molecular formula is C20H26N4O3S. The zero-order valence-corrected chi connectivity index (χ0v) is 17.2. The van der Waals surface area contributed by atoms with E-state index in [1.807, 2.05) is 31.2 Å². The highest BCUT2D eigenvalue weighted by Crippen LogP contribution is 2.24. The minimum atomic E-state index is -0.197. The molecular weight excluding hydrogens is 376 g/mol. The largest absolute Gasteiger partial charge is 0.489 e. The van der Waals surface area contributed by atoms with Crippen molar-refractivity contribution in [3.05, 3.63) is 40.4 Å². The van der Waals surface area contributed by atoms with Gasteiger partial charge in [-0.1, -0.05) is 30.4 Å². The lowest BCUT2D eigenvalue weighted by Gasteiger charge is -2.16. The van der Waals surface area contributed by atoms with Gasteiger partial charge in [0.15, 0.2) is 5.13 Å². The summed E-state index contributed by atoms with van der Waals surface area (Å²) in [6, 6.07) is 7.65. The molecule has 1 aliphatic heterocycles. The summed E-state index contributed by atoms with van der Waals surface area (Å²) in [5, 5.41) is 9.42. The number of hydrogen-bond donors (Lipinski definition) is 3. The van der Waals surface area contributed by atoms with Crippen LogP contribution in [0.15, 0.2) is 24.3 Å². The molecule has 1 aromatic carbocycles. The molecule has 0 spiro atoms. The van der Waals surface area contributed by atoms with E-state index in [1.54, 1.807) is 13.8 Å². The van der Waals surface area contributed by atoms with Crippen molar-refractivity contribution in [1.29, 1.82) is 0 Å². The van der Waals surface area contributed by atoms with Crippen LogP contribution in [0.4, 0.5) is 5.13 Å². The van der Waals surface area contributed by atoms with Crippen LogP contribution >= 0.6 is 11.3 Å². The van der Waals surface area contributed by atoms with Gasteiger partial charge in [-0.25, -0.2) is 4.98 Å². The highest BCUT2D eigenvalue weighted by atomic mass is 32.1. The summed E-state index contributed by atoms with van der Waals surface area (Å²) >= 11 is 1.19. The Morgan fingerprint density at radius 3 is 2.75 bits per heavy atom. The normalized spacial score (nSPS) is 17.2. The lowest BCUT2D eigenvalue weighted by atomic mass is 10.1. The third-order valence-corrected chi connectivity index (χ3v) is 5.69. The topological polar surface area (TPSA) is 92.4 Å². The van der Waals surface area contributed by atoms with E-state index in [2.05, 4.69) is 20.9 Å². The van der Waals surface area contributed by atoms with Gasteiger partial charge in [0.05, 0.1) is 11.7 Å². The molecule has 1 fully saturated rings. The summed E-state index contributed by atoms with van der Waals surface area (Å²) < 4.78 is 5.93. The van der Waals surface area contributed by atoms with Crippen LogP contribution in [0.1, 0.15) is 53.7 Å². The molecule has 2 heterocycles. The van der Waals surface area contributed by atoms with Crippen LogP contribution in [0.25, 0.3) is 0 Å². The SMILES string of the molecule is CCC(=O)Nc1nc(C)c(C(=O)N[C@@H](C)c2ccc(OC3CCNC3)cc2)s1. The van der Waals surface area contributed by atoms with Gasteiger partial charge in [0.1, 0.15) is 16.7 Å². The maximum atomic E-state index is 12.6. The van der Waals surface area contributed by atoms with Crippen LogP contribution in [0.5, 0.6) is 5.75 Å². The quantitative estimate of drug-likeness (QED) is 0.662. The maximum Gasteiger partial charge on any atom is 0.263 e. The summed E-state index contributed by atoms with van der Waals surface area (Å²) in [5.41, 5.74) is 1.60. The molecule has 8 heteroatoms. The number of nitrogens with zero attached hydrogens (tertiary/aromatic N) is 1. The number of benzene rings is 1. The Bertz CT molecular complexity index is 828. The van der Waals surface area contributed by atoms with Gasteiger partial charge in [-0.05, 0) is 44.5 Å². The van der Waals surface area contributed by atoms with Gasteiger partial charge in [-0.3, -0.25) is 9.59 Å². The molecule has 1 aliphatic rings. The monoisotopic (exact) mass is 402 g/mol. The summed E-state index contributed by atoms with van der Waals surface area (Å²) in [5.74, 6) is 0.521. The van der Waals surface area contributed by atoms with Crippen molar-refractivity contribution < 1.29 is 14.3 Å². The Kier molecular flexibility index (Phi) is 6.64. The lowest BCUT2D eigenvalue weighted by Crippen LogP contribution is -2.26. The van der Waals surface area contributed by atoms with Gasteiger partial charge in [-0.15, -0.1) is 0 Å². The van der Waals surface area contributed by atoms with Crippen molar-refractivity contribution in [3.63, 3.8) is 0 Å². The number of aromatic nitrogens is 1. The molecule has 0 radical (unpaired) electrons. The lowest BCUT2D eigenvalue weighted by molar-refractivity contribution is -0.115. The molecule has 1 unspecified atom stereocenters. The van der Waals surface area contributed by atoms with E-state index in [0.29, 0.717) is 22.1 Å². The number of anilines is 1. The molecule has 0 aliphatic carbocycles. The first-order valence-corrected chi connectivity index (χ1v) is 10.3. The fourth-order valence-corrected chi connectivity index (χ4v) is 3.86. The van der Waals surface area contributed by atoms with E-state index in [1.165, 1.54) is 11.3 Å². The van der Waals surface area contributed by atoms with Crippen LogP contribution < -0.4 is 20.7 Å². The van der Waals surface area contributed by atoms with Crippen LogP contribution in [0, 0.1) is 6.92 Å². The van der Waals surface area contributed by atoms with Crippen molar-refractivity contribution in [3.8, 4) is 5.75 Å². The molecule has 1 saturated heterocycles. The van der Waals surface area contributed by atoms with Gasteiger partial charge in [0.2, 0.25) is 5.91 Å². The second-order valence-corrected chi connectivity index (χ2v) is 7.83. The first kappa shape index (κ1) is 20.3. The third kappa shape index (κ3) is 5.08. The number of ether oxygens (including phenoxy) is 1. The first-order valence-electron chi connectivity index (χ1n) is 9.51. The summed E-state index contributed by atoms with van der Waals surface area (Å²) in [4.78, 5) is 28.9. The third-order valence-electron chi connectivity index (χ3n) is 4.62. The van der Waals surface area contributed by atoms with Crippen LogP contribution in [-0.4, -0.2) is 36.0 Å². The Labute approximate surface area is 168 Å². The van der Waals surface area contributed by atoms with Crippen LogP contribution in [0.3, 0.4) is 0 Å². The highest BCUT2D eigenvalue weighted by Gasteiger charge is 2.19. The molecule has 3 N–H and O–H groups in total. The molecule has 0 bridgehead atoms. The predicted molar refractivity (Wildman–Crippen MR) is 110 cm³/mol. The molecule has 28 heavy (non-hydrogen) atoms. The van der Waals surface area contributed by atoms with Gasteiger partial charge >= 0.3 is 0 Å². The van der Waals surface area contributed by atoms with Crippen LogP contribution in [-0.2, 0) is 4.79 Å². The maximum absolute atomic E-state index is 12.6. The van der Waals surface area contributed by atoms with Crippen molar-refractivity contribution in [1.82, 2.24) is 15.6 Å². The van der Waals surface area contributed by atoms with Crippen molar-refractivity contribution in [2.45, 2.75) is 45.8 Å². The Hall–Kier alpha value is -2.45. The summed E-state index contributed by atoms with van der Waals surface area (Å²) in [6.45, 7) is 7.34. The fourth-order valence-electron chi connectivity index (χ4n) is 2.97. The number of carbonyl (C=O) groups excluding carboxylic acids is 2. The van der Waals surface area contributed by atoms with Crippen molar-refractivity contribution >= 4 is 28.3 Å². The zero-order valence-electron chi connectivity index (χ0n) is 16.4. The zero-order chi connectivity index (χ0) is 20.1. The Morgan fingerprint density at radius 2 is 2.11 bits per heavy atom. The van der Waals surface area contributed by atoms with Gasteiger partial charge in [0.25, 0.3) is 5.91 Å². The molecule has 2 aromatic rings. The number of amides is 2. The molecule has 2 atom stereocenters. The number of rotatable bonds is 7. The Balaban J connectivity index is 1.60. The van der Waals surface area contributed by atoms with Crippen molar-refractivity contribution in [2.75, 3.05) is 18.4 Å². The second-order valence-electron chi connectivity index (χ2n) is 6.83. The molecule has 7 nitrogen and oxygen atoms in total. The van der Waals surface area contributed by atoms with E-state index in [4.69, 9.17) is 4.74 Å². The van der Waals surface area contributed by atoms with Gasteiger partial charge in [-0.2, -0.15) is 0 Å². The highest BCUT2D eigenvalue weighted by molar-refractivity contribution is 7.17. The number of aryl methyl sites for hydroxylation is 1. The molecule has 150 valence electrons. The van der Waals surface area contributed by atoms with Gasteiger partial charge in [0, 0.05) is 13.0 Å². The van der Waals surface area contributed by atoms with E-state index in [0.717, 1.165) is 30.8 Å². The van der Waals surface area contributed by atoms with Gasteiger partial charge < -0.3 is 20.7 Å². The minimum absolute atomic E-state index is 0.121. The number of thiazole rings is 1. The van der Waals surface area contributed by atoms with E-state index in [-0.39, 0.29) is 24.0 Å². The summed E-state index contributed by atoms with van der Waals surface area (Å²) in [6.07, 6.45) is 1.61. The minimum Gasteiger partial charge on any atom is -0.489 e. The van der Waals surface area contributed by atoms with Crippen LogP contribution in [0.2, 0.25) is 0 Å². The first-order chi connectivity index (χ1) is 13.5. The number of nitrogens with one attached hydrogen (secondary N) is 3. The standard InChI is InChI=1S/C20H26N4O3S/c1-4-17(25)24-20-23-13(3)18(28-20)19(26)22-12(2)14-5-7-15(8-6-14)27-16-9-10-21-11-16/h5-8,12,16,21H,4,9-11H2,1-3H3,(H,22,26)(H,23,24,25)/t12-,16?/m0/s1. The van der Waals surface area contributed by atoms with E-state index < -0.39 is 0 Å². The average molecular weight is 403 g/mol. The van der Waals surface area contributed by atoms with E-state index >= 15 is 0 Å². The smallest absolute Gasteiger partial charge is 0.263 e. The average Bonchev–Trinajstić information content (AvgIpc) is 3.31. The molecule has 2 amide bonds. The summed E-state index contributed by atoms with van der Waals surface area (Å²) in [7, 11) is 0.